The zero-order valence-corrected chi connectivity index (χ0v) is 17.3. The Morgan fingerprint density at radius 3 is 2.87 bits per heavy atom. The van der Waals surface area contributed by atoms with E-state index in [1.807, 2.05) is 31.2 Å². The third-order valence-corrected chi connectivity index (χ3v) is 5.50. The Hall–Kier alpha value is -3.66. The molecule has 4 aromatic rings. The lowest BCUT2D eigenvalue weighted by Crippen LogP contribution is -2.28. The largest absolute Gasteiger partial charge is 0.467 e. The fourth-order valence-electron chi connectivity index (χ4n) is 3.24. The Bertz CT molecular complexity index is 1220. The molecule has 1 aliphatic heterocycles. The van der Waals surface area contributed by atoms with Gasteiger partial charge in [-0.1, -0.05) is 11.8 Å². The van der Waals surface area contributed by atoms with E-state index in [2.05, 4.69) is 20.3 Å². The summed E-state index contributed by atoms with van der Waals surface area (Å²) in [6.45, 7) is 1.87. The van der Waals surface area contributed by atoms with Crippen LogP contribution >= 0.6 is 11.8 Å². The Labute approximate surface area is 181 Å². The molecule has 0 saturated carbocycles. The molecule has 9 nitrogen and oxygen atoms in total. The zero-order chi connectivity index (χ0) is 21.2. The molecular weight excluding hydrogens is 418 g/mol. The molecule has 0 aliphatic carbocycles. The van der Waals surface area contributed by atoms with Crippen LogP contribution < -0.4 is 0 Å². The first-order valence-electron chi connectivity index (χ1n) is 9.54. The van der Waals surface area contributed by atoms with Crippen LogP contribution in [0, 0.1) is 6.92 Å². The molecule has 1 amide bonds. The van der Waals surface area contributed by atoms with Crippen molar-refractivity contribution in [2.24, 2.45) is 5.10 Å². The van der Waals surface area contributed by atoms with E-state index in [0.717, 1.165) is 17.5 Å². The summed E-state index contributed by atoms with van der Waals surface area (Å²) in [6, 6.07) is 10.6. The number of nitrogens with zero attached hydrogens (tertiary/aromatic N) is 5. The molecule has 0 unspecified atom stereocenters. The van der Waals surface area contributed by atoms with Gasteiger partial charge in [-0.3, -0.25) is 9.78 Å². The first-order valence-corrected chi connectivity index (χ1v) is 10.5. The molecule has 0 radical (unpaired) electrons. The minimum absolute atomic E-state index is 0.0832. The quantitative estimate of drug-likeness (QED) is 0.416. The molecular formula is C21H17N5O4S. The number of carbonyl (C=O) groups is 1. The SMILES string of the molecule is Cc1ccc(C2=NN(C(=O)CSc3nnc(-c4cccnc4)o3)[C@H](c3ccco3)C2)o1. The number of carbonyl (C=O) groups excluding carboxylic acids is 1. The van der Waals surface area contributed by atoms with Gasteiger partial charge in [-0.25, -0.2) is 5.01 Å². The maximum atomic E-state index is 13.0. The van der Waals surface area contributed by atoms with Gasteiger partial charge in [0.15, 0.2) is 0 Å². The predicted molar refractivity (Wildman–Crippen MR) is 111 cm³/mol. The molecule has 31 heavy (non-hydrogen) atoms. The summed E-state index contributed by atoms with van der Waals surface area (Å²) in [5.41, 5.74) is 1.41. The van der Waals surface area contributed by atoms with Crippen LogP contribution in [-0.2, 0) is 4.79 Å². The van der Waals surface area contributed by atoms with E-state index < -0.39 is 0 Å². The molecule has 0 spiro atoms. The molecule has 0 fully saturated rings. The van der Waals surface area contributed by atoms with Crippen LogP contribution in [0.25, 0.3) is 11.5 Å². The maximum Gasteiger partial charge on any atom is 0.277 e. The second-order valence-corrected chi connectivity index (χ2v) is 7.76. The van der Waals surface area contributed by atoms with Gasteiger partial charge in [0, 0.05) is 18.8 Å². The first kappa shape index (κ1) is 19.3. The minimum Gasteiger partial charge on any atom is -0.467 e. The van der Waals surface area contributed by atoms with Crippen molar-refractivity contribution < 1.29 is 18.0 Å². The van der Waals surface area contributed by atoms with Gasteiger partial charge < -0.3 is 13.3 Å². The molecule has 4 aromatic heterocycles. The van der Waals surface area contributed by atoms with E-state index >= 15 is 0 Å². The number of hydrazone groups is 1. The van der Waals surface area contributed by atoms with Crippen molar-refractivity contribution in [1.82, 2.24) is 20.2 Å². The summed E-state index contributed by atoms with van der Waals surface area (Å²) in [6.07, 6.45) is 5.39. The second kappa shape index (κ2) is 8.23. The number of thioether (sulfide) groups is 1. The summed E-state index contributed by atoms with van der Waals surface area (Å²) in [5.74, 6) is 2.33. The first-order chi connectivity index (χ1) is 15.2. The highest BCUT2D eigenvalue weighted by atomic mass is 32.2. The van der Waals surface area contributed by atoms with Gasteiger partial charge in [-0.15, -0.1) is 10.2 Å². The lowest BCUT2D eigenvalue weighted by molar-refractivity contribution is -0.130. The number of amides is 1. The van der Waals surface area contributed by atoms with Crippen LogP contribution in [0.1, 0.15) is 29.7 Å². The van der Waals surface area contributed by atoms with E-state index in [0.29, 0.717) is 40.3 Å². The number of furan rings is 2. The third-order valence-electron chi connectivity index (χ3n) is 4.70. The topological polar surface area (TPSA) is 111 Å². The molecule has 0 N–H and O–H groups in total. The van der Waals surface area contributed by atoms with Gasteiger partial charge in [-0.05, 0) is 43.3 Å². The van der Waals surface area contributed by atoms with Crippen molar-refractivity contribution in [1.29, 1.82) is 0 Å². The Morgan fingerprint density at radius 2 is 2.13 bits per heavy atom. The summed E-state index contributed by atoms with van der Waals surface area (Å²) in [4.78, 5) is 17.0. The number of pyridine rings is 1. The van der Waals surface area contributed by atoms with E-state index in [1.54, 1.807) is 30.8 Å². The Balaban J connectivity index is 1.31. The fourth-order valence-corrected chi connectivity index (χ4v) is 3.86. The van der Waals surface area contributed by atoms with Gasteiger partial charge in [0.05, 0.1) is 17.6 Å². The monoisotopic (exact) mass is 435 g/mol. The van der Waals surface area contributed by atoms with Crippen molar-refractivity contribution in [2.75, 3.05) is 5.75 Å². The van der Waals surface area contributed by atoms with E-state index in [-0.39, 0.29) is 17.7 Å². The highest BCUT2D eigenvalue weighted by Gasteiger charge is 2.36. The number of hydrogen-bond donors (Lipinski definition) is 0. The number of aromatic nitrogens is 3. The van der Waals surface area contributed by atoms with Crippen LogP contribution in [0.15, 0.2) is 78.6 Å². The van der Waals surface area contributed by atoms with Gasteiger partial charge >= 0.3 is 0 Å². The summed E-state index contributed by atoms with van der Waals surface area (Å²) in [7, 11) is 0. The molecule has 5 rings (SSSR count). The summed E-state index contributed by atoms with van der Waals surface area (Å²) in [5, 5.41) is 14.3. The number of rotatable bonds is 6. The van der Waals surface area contributed by atoms with Gasteiger partial charge in [0.25, 0.3) is 11.1 Å². The average molecular weight is 435 g/mol. The van der Waals surface area contributed by atoms with Crippen LogP contribution in [0.5, 0.6) is 0 Å². The molecule has 1 atom stereocenters. The second-order valence-electron chi connectivity index (χ2n) is 6.83. The molecule has 0 aromatic carbocycles. The van der Waals surface area contributed by atoms with Crippen LogP contribution in [0.4, 0.5) is 0 Å². The van der Waals surface area contributed by atoms with Crippen LogP contribution in [0.3, 0.4) is 0 Å². The smallest absolute Gasteiger partial charge is 0.277 e. The average Bonchev–Trinajstić information content (AvgIpc) is 3.59. The van der Waals surface area contributed by atoms with Crippen molar-refractivity contribution in [2.45, 2.75) is 24.6 Å². The zero-order valence-electron chi connectivity index (χ0n) is 16.5. The molecule has 0 bridgehead atoms. The van der Waals surface area contributed by atoms with Crippen molar-refractivity contribution in [3.8, 4) is 11.5 Å². The van der Waals surface area contributed by atoms with E-state index in [9.17, 15) is 4.79 Å². The lowest BCUT2D eigenvalue weighted by atomic mass is 10.1. The van der Waals surface area contributed by atoms with Crippen LogP contribution in [0.2, 0.25) is 0 Å². The molecule has 156 valence electrons. The van der Waals surface area contributed by atoms with Crippen molar-refractivity contribution >= 4 is 23.4 Å². The van der Waals surface area contributed by atoms with E-state index in [4.69, 9.17) is 13.3 Å². The highest BCUT2D eigenvalue weighted by molar-refractivity contribution is 7.99. The lowest BCUT2D eigenvalue weighted by Gasteiger charge is -2.19. The Morgan fingerprint density at radius 1 is 1.19 bits per heavy atom. The van der Waals surface area contributed by atoms with Gasteiger partial charge in [0.2, 0.25) is 5.89 Å². The summed E-state index contributed by atoms with van der Waals surface area (Å²) >= 11 is 1.16. The van der Waals surface area contributed by atoms with E-state index in [1.165, 1.54) is 5.01 Å². The Kier molecular flexibility index (Phi) is 5.13. The maximum absolute atomic E-state index is 13.0. The van der Waals surface area contributed by atoms with Crippen molar-refractivity contribution in [3.63, 3.8) is 0 Å². The minimum atomic E-state index is -0.336. The predicted octanol–water partition coefficient (Wildman–Crippen LogP) is 4.10. The fraction of sp³-hybridized carbons (Fsp3) is 0.190. The molecule has 0 saturated heterocycles. The summed E-state index contributed by atoms with van der Waals surface area (Å²) < 4.78 is 16.9. The number of hydrogen-bond acceptors (Lipinski definition) is 9. The van der Waals surface area contributed by atoms with Crippen LogP contribution in [-0.4, -0.2) is 37.6 Å². The number of aryl methyl sites for hydroxylation is 1. The molecule has 1 aliphatic rings. The normalized spacial score (nSPS) is 16.0. The highest BCUT2D eigenvalue weighted by Crippen LogP contribution is 2.34. The van der Waals surface area contributed by atoms with Crippen molar-refractivity contribution in [3.05, 3.63) is 72.3 Å². The third kappa shape index (κ3) is 4.02. The molecule has 10 heteroatoms. The standard InChI is InChI=1S/C21H17N5O4S/c1-13-6-7-17(29-13)15-10-16(18-5-3-9-28-18)26(25-15)19(27)12-31-21-24-23-20(30-21)14-4-2-8-22-11-14/h2-9,11,16H,10,12H2,1H3/t16-/m0/s1. The molecule has 5 heterocycles. The van der Waals surface area contributed by atoms with Gasteiger partial charge in [-0.2, -0.15) is 5.10 Å². The van der Waals surface area contributed by atoms with Gasteiger partial charge in [0.1, 0.15) is 29.0 Å².